The maximum Gasteiger partial charge on any atom is 0.316 e. The number of nitrogens with one attached hydrogen (secondary N) is 2. The van der Waals surface area contributed by atoms with Crippen LogP contribution in [0.3, 0.4) is 0 Å². The van der Waals surface area contributed by atoms with Crippen molar-refractivity contribution in [2.75, 3.05) is 33.7 Å². The van der Waals surface area contributed by atoms with Crippen molar-refractivity contribution in [1.29, 1.82) is 0 Å². The third kappa shape index (κ3) is 3.18. The molecule has 0 aromatic rings. The molecule has 1 aliphatic heterocycles. The summed E-state index contributed by atoms with van der Waals surface area (Å²) in [5, 5.41) is 6.28. The van der Waals surface area contributed by atoms with Gasteiger partial charge in [0, 0.05) is 20.6 Å². The van der Waals surface area contributed by atoms with Crippen LogP contribution >= 0.6 is 0 Å². The Morgan fingerprint density at radius 1 is 1.43 bits per heavy atom. The van der Waals surface area contributed by atoms with Crippen LogP contribution in [0.4, 0.5) is 4.79 Å². The monoisotopic (exact) mass is 199 g/mol. The second-order valence-electron chi connectivity index (χ2n) is 4.61. The van der Waals surface area contributed by atoms with Gasteiger partial charge >= 0.3 is 6.03 Å². The molecular formula is C10H21N3O. The molecule has 0 aromatic carbocycles. The number of hydrogen-bond acceptors (Lipinski definition) is 2. The van der Waals surface area contributed by atoms with Crippen molar-refractivity contribution in [2.45, 2.75) is 19.8 Å². The van der Waals surface area contributed by atoms with Crippen LogP contribution in [0.2, 0.25) is 0 Å². The van der Waals surface area contributed by atoms with E-state index in [1.165, 1.54) is 0 Å². The molecule has 2 N–H and O–H groups in total. The molecular weight excluding hydrogens is 178 g/mol. The summed E-state index contributed by atoms with van der Waals surface area (Å²) in [4.78, 5) is 12.9. The zero-order chi connectivity index (χ0) is 10.6. The predicted molar refractivity (Wildman–Crippen MR) is 57.3 cm³/mol. The van der Waals surface area contributed by atoms with Crippen molar-refractivity contribution in [2.24, 2.45) is 5.41 Å². The van der Waals surface area contributed by atoms with E-state index in [-0.39, 0.29) is 11.4 Å². The van der Waals surface area contributed by atoms with E-state index in [2.05, 4.69) is 17.6 Å². The highest BCUT2D eigenvalue weighted by molar-refractivity contribution is 5.73. The Labute approximate surface area is 86.0 Å². The summed E-state index contributed by atoms with van der Waals surface area (Å²) in [6, 6.07) is 0.00441. The molecule has 2 amide bonds. The van der Waals surface area contributed by atoms with Gasteiger partial charge < -0.3 is 15.5 Å². The minimum Gasteiger partial charge on any atom is -0.337 e. The number of piperidine rings is 1. The summed E-state index contributed by atoms with van der Waals surface area (Å²) in [7, 11) is 3.53. The lowest BCUT2D eigenvalue weighted by atomic mass is 9.81. The first-order valence-corrected chi connectivity index (χ1v) is 5.19. The van der Waals surface area contributed by atoms with E-state index in [1.54, 1.807) is 19.0 Å². The molecule has 1 heterocycles. The molecule has 0 bridgehead atoms. The van der Waals surface area contributed by atoms with Crippen molar-refractivity contribution in [3.8, 4) is 0 Å². The molecule has 82 valence electrons. The molecule has 4 nitrogen and oxygen atoms in total. The van der Waals surface area contributed by atoms with E-state index < -0.39 is 0 Å². The van der Waals surface area contributed by atoms with Crippen LogP contribution in [0.25, 0.3) is 0 Å². The fourth-order valence-corrected chi connectivity index (χ4v) is 1.65. The first-order valence-electron chi connectivity index (χ1n) is 5.19. The van der Waals surface area contributed by atoms with Gasteiger partial charge in [-0.2, -0.15) is 0 Å². The molecule has 4 heteroatoms. The maximum atomic E-state index is 11.3. The summed E-state index contributed by atoms with van der Waals surface area (Å²) >= 11 is 0. The third-order valence-electron chi connectivity index (χ3n) is 2.88. The summed E-state index contributed by atoms with van der Waals surface area (Å²) < 4.78 is 0. The Balaban J connectivity index is 2.32. The second-order valence-corrected chi connectivity index (χ2v) is 4.61. The van der Waals surface area contributed by atoms with Crippen LogP contribution in [0.15, 0.2) is 0 Å². The fraction of sp³-hybridized carbons (Fsp3) is 0.900. The smallest absolute Gasteiger partial charge is 0.316 e. The van der Waals surface area contributed by atoms with Crippen molar-refractivity contribution >= 4 is 6.03 Å². The van der Waals surface area contributed by atoms with Gasteiger partial charge in [-0.25, -0.2) is 4.79 Å². The van der Waals surface area contributed by atoms with E-state index in [1.807, 2.05) is 0 Å². The van der Waals surface area contributed by atoms with E-state index in [9.17, 15) is 4.79 Å². The van der Waals surface area contributed by atoms with Crippen LogP contribution in [0, 0.1) is 5.41 Å². The minimum absolute atomic E-state index is 0.00441. The molecule has 0 aliphatic carbocycles. The SMILES string of the molecule is CN(C)C(=O)NCC1(C)CCNCC1. The first kappa shape index (κ1) is 11.3. The summed E-state index contributed by atoms with van der Waals surface area (Å²) in [5.41, 5.74) is 0.275. The number of carbonyl (C=O) groups is 1. The molecule has 0 spiro atoms. The molecule has 0 atom stereocenters. The fourth-order valence-electron chi connectivity index (χ4n) is 1.65. The van der Waals surface area contributed by atoms with E-state index in [0.717, 1.165) is 32.5 Å². The Morgan fingerprint density at radius 3 is 2.50 bits per heavy atom. The van der Waals surface area contributed by atoms with Gasteiger partial charge in [0.2, 0.25) is 0 Å². The van der Waals surface area contributed by atoms with Gasteiger partial charge in [-0.3, -0.25) is 0 Å². The number of amides is 2. The Morgan fingerprint density at radius 2 is 2.00 bits per heavy atom. The predicted octanol–water partition coefficient (Wildman–Crippen LogP) is 0.647. The standard InChI is InChI=1S/C10H21N3O/c1-10(4-6-11-7-5-10)8-12-9(14)13(2)3/h11H,4-8H2,1-3H3,(H,12,14). The molecule has 0 saturated carbocycles. The number of urea groups is 1. The lowest BCUT2D eigenvalue weighted by molar-refractivity contribution is 0.193. The second kappa shape index (κ2) is 4.64. The summed E-state index contributed by atoms with van der Waals surface area (Å²) in [6.45, 7) is 5.15. The molecule has 14 heavy (non-hydrogen) atoms. The van der Waals surface area contributed by atoms with Gasteiger partial charge in [-0.1, -0.05) is 6.92 Å². The van der Waals surface area contributed by atoms with E-state index in [0.29, 0.717) is 0 Å². The lowest BCUT2D eigenvalue weighted by Crippen LogP contribution is -2.45. The number of nitrogens with zero attached hydrogens (tertiary/aromatic N) is 1. The van der Waals surface area contributed by atoms with Gasteiger partial charge in [-0.05, 0) is 31.3 Å². The van der Waals surface area contributed by atoms with Crippen LogP contribution in [-0.4, -0.2) is 44.7 Å². The van der Waals surface area contributed by atoms with Gasteiger partial charge in [0.15, 0.2) is 0 Å². The van der Waals surface area contributed by atoms with Gasteiger partial charge in [0.05, 0.1) is 0 Å². The van der Waals surface area contributed by atoms with Crippen molar-refractivity contribution in [1.82, 2.24) is 15.5 Å². The quantitative estimate of drug-likeness (QED) is 0.686. The van der Waals surface area contributed by atoms with E-state index in [4.69, 9.17) is 0 Å². The van der Waals surface area contributed by atoms with E-state index >= 15 is 0 Å². The topological polar surface area (TPSA) is 44.4 Å². The molecule has 1 aliphatic rings. The largest absolute Gasteiger partial charge is 0.337 e. The molecule has 0 radical (unpaired) electrons. The van der Waals surface area contributed by atoms with Crippen LogP contribution < -0.4 is 10.6 Å². The summed E-state index contributed by atoms with van der Waals surface area (Å²) in [6.07, 6.45) is 2.28. The van der Waals surface area contributed by atoms with Gasteiger partial charge in [0.25, 0.3) is 0 Å². The third-order valence-corrected chi connectivity index (χ3v) is 2.88. The first-order chi connectivity index (χ1) is 6.53. The number of rotatable bonds is 2. The van der Waals surface area contributed by atoms with Crippen molar-refractivity contribution < 1.29 is 4.79 Å². The Kier molecular flexibility index (Phi) is 3.75. The minimum atomic E-state index is 0.00441. The normalized spacial score (nSPS) is 20.2. The molecule has 1 saturated heterocycles. The Bertz CT molecular complexity index is 198. The van der Waals surface area contributed by atoms with Crippen LogP contribution in [-0.2, 0) is 0 Å². The highest BCUT2D eigenvalue weighted by Crippen LogP contribution is 2.26. The number of hydrogen-bond donors (Lipinski definition) is 2. The maximum absolute atomic E-state index is 11.3. The average molecular weight is 199 g/mol. The zero-order valence-corrected chi connectivity index (χ0v) is 9.39. The molecule has 0 aromatic heterocycles. The average Bonchev–Trinajstić information content (AvgIpc) is 2.15. The summed E-state index contributed by atoms with van der Waals surface area (Å²) in [5.74, 6) is 0. The van der Waals surface area contributed by atoms with Crippen LogP contribution in [0.5, 0.6) is 0 Å². The van der Waals surface area contributed by atoms with Gasteiger partial charge in [0.1, 0.15) is 0 Å². The highest BCUT2D eigenvalue weighted by atomic mass is 16.2. The Hall–Kier alpha value is -0.770. The molecule has 1 rings (SSSR count). The van der Waals surface area contributed by atoms with Gasteiger partial charge in [-0.15, -0.1) is 0 Å². The number of carbonyl (C=O) groups excluding carboxylic acids is 1. The zero-order valence-electron chi connectivity index (χ0n) is 9.39. The lowest BCUT2D eigenvalue weighted by Gasteiger charge is -2.34. The molecule has 1 fully saturated rings. The molecule has 0 unspecified atom stereocenters. The van der Waals surface area contributed by atoms with Crippen molar-refractivity contribution in [3.05, 3.63) is 0 Å². The van der Waals surface area contributed by atoms with Crippen LogP contribution in [0.1, 0.15) is 19.8 Å². The van der Waals surface area contributed by atoms with Crippen molar-refractivity contribution in [3.63, 3.8) is 0 Å². The highest BCUT2D eigenvalue weighted by Gasteiger charge is 2.27.